The van der Waals surface area contributed by atoms with Gasteiger partial charge in [0.2, 0.25) is 0 Å². The molecule has 0 N–H and O–H groups in total. The lowest BCUT2D eigenvalue weighted by Gasteiger charge is -2.04. The van der Waals surface area contributed by atoms with Crippen LogP contribution in [-0.4, -0.2) is 9.97 Å². The second-order valence-electron chi connectivity index (χ2n) is 11.6. The molecule has 8 rings (SSSR count). The lowest BCUT2D eigenvalue weighted by molar-refractivity contribution is 1.41. The van der Waals surface area contributed by atoms with Crippen molar-refractivity contribution in [2.75, 3.05) is 0 Å². The van der Waals surface area contributed by atoms with Crippen LogP contribution in [0.15, 0.2) is 146 Å². The van der Waals surface area contributed by atoms with Gasteiger partial charge in [0.1, 0.15) is 0 Å². The zero-order chi connectivity index (χ0) is 30.7. The normalized spacial score (nSPS) is 12.1. The van der Waals surface area contributed by atoms with E-state index in [1.54, 1.807) is 0 Å². The molecule has 0 aliphatic rings. The summed E-state index contributed by atoms with van der Waals surface area (Å²) >= 11 is 0. The molecule has 0 radical (unpaired) electrons. The van der Waals surface area contributed by atoms with Crippen LogP contribution >= 0.6 is 0 Å². The van der Waals surface area contributed by atoms with E-state index >= 15 is 0 Å². The maximum atomic E-state index is 4.57. The molecule has 6 aromatic carbocycles. The van der Waals surface area contributed by atoms with Gasteiger partial charge in [0, 0.05) is 34.3 Å². The topological polar surface area (TPSA) is 25.8 Å². The van der Waals surface area contributed by atoms with E-state index in [-0.39, 0.29) is 0 Å². The first-order valence-electron chi connectivity index (χ1n) is 15.5. The molecule has 0 unspecified atom stereocenters. The van der Waals surface area contributed by atoms with Crippen molar-refractivity contribution in [2.45, 2.75) is 0 Å². The van der Waals surface area contributed by atoms with E-state index in [2.05, 4.69) is 168 Å². The predicted molar refractivity (Wildman–Crippen MR) is 198 cm³/mol. The standard InChI is InChI=1S/C44H30N2/c1-5-35-9-3-25-45-43(35)37(7-1)19-13-33-17-23-39-27-31(15-21-41(39)29-33)11-12-32-16-22-42-30-34(18-24-40(42)28-32)14-20-38-8-2-6-36-10-4-26-46-44(36)38/h1-30H. The second kappa shape index (κ2) is 12.1. The van der Waals surface area contributed by atoms with Crippen molar-refractivity contribution in [3.05, 3.63) is 179 Å². The Kier molecular flexibility index (Phi) is 7.22. The van der Waals surface area contributed by atoms with Gasteiger partial charge in [0.25, 0.3) is 0 Å². The third-order valence-corrected chi connectivity index (χ3v) is 8.48. The van der Waals surface area contributed by atoms with Crippen molar-refractivity contribution < 1.29 is 0 Å². The summed E-state index contributed by atoms with van der Waals surface area (Å²) in [4.78, 5) is 9.15. The number of fused-ring (bicyclic) bond motifs is 4. The summed E-state index contributed by atoms with van der Waals surface area (Å²) in [5.41, 5.74) is 9.00. The molecule has 2 heterocycles. The van der Waals surface area contributed by atoms with Crippen LogP contribution in [0, 0.1) is 0 Å². The molecule has 216 valence electrons. The highest BCUT2D eigenvalue weighted by Crippen LogP contribution is 2.25. The summed E-state index contributed by atoms with van der Waals surface area (Å²) in [6.07, 6.45) is 16.7. The molecular weight excluding hydrogens is 556 g/mol. The maximum Gasteiger partial charge on any atom is 0.0774 e. The molecule has 2 aromatic heterocycles. The number of rotatable bonds is 6. The highest BCUT2D eigenvalue weighted by molar-refractivity contribution is 5.94. The smallest absolute Gasteiger partial charge is 0.0774 e. The summed E-state index contributed by atoms with van der Waals surface area (Å²) in [6, 6.07) is 47.3. The van der Waals surface area contributed by atoms with Crippen LogP contribution in [0.5, 0.6) is 0 Å². The third-order valence-electron chi connectivity index (χ3n) is 8.48. The van der Waals surface area contributed by atoms with Gasteiger partial charge in [0.05, 0.1) is 11.0 Å². The van der Waals surface area contributed by atoms with Gasteiger partial charge < -0.3 is 0 Å². The van der Waals surface area contributed by atoms with Gasteiger partial charge in [-0.15, -0.1) is 0 Å². The lowest BCUT2D eigenvalue weighted by atomic mass is 10.0. The molecule has 0 aliphatic heterocycles. The monoisotopic (exact) mass is 586 g/mol. The van der Waals surface area contributed by atoms with E-state index in [4.69, 9.17) is 0 Å². The maximum absolute atomic E-state index is 4.57. The Balaban J connectivity index is 0.981. The van der Waals surface area contributed by atoms with Crippen molar-refractivity contribution in [1.82, 2.24) is 9.97 Å². The number of nitrogens with zero attached hydrogens (tertiary/aromatic N) is 2. The minimum Gasteiger partial charge on any atom is -0.256 e. The molecule has 0 spiro atoms. The number of aromatic nitrogens is 2. The van der Waals surface area contributed by atoms with Crippen molar-refractivity contribution in [3.8, 4) is 0 Å². The fraction of sp³-hybridized carbons (Fsp3) is 0. The van der Waals surface area contributed by atoms with Crippen molar-refractivity contribution >= 4 is 79.8 Å². The van der Waals surface area contributed by atoms with E-state index in [1.807, 2.05) is 24.5 Å². The van der Waals surface area contributed by atoms with Crippen LogP contribution < -0.4 is 0 Å². The SMILES string of the molecule is C(=Cc1ccc2cc(C=Cc3cccc4cccnc34)ccc2c1)c1ccc2cc(C=Cc3cccc4cccnc34)ccc2c1. The Morgan fingerprint density at radius 3 is 1.04 bits per heavy atom. The van der Waals surface area contributed by atoms with E-state index in [1.165, 1.54) is 43.8 Å². The van der Waals surface area contributed by atoms with Crippen LogP contribution in [0.2, 0.25) is 0 Å². The summed E-state index contributed by atoms with van der Waals surface area (Å²) < 4.78 is 0. The zero-order valence-electron chi connectivity index (χ0n) is 25.2. The molecule has 0 amide bonds. The number of hydrogen-bond donors (Lipinski definition) is 0. The lowest BCUT2D eigenvalue weighted by Crippen LogP contribution is -1.82. The van der Waals surface area contributed by atoms with E-state index < -0.39 is 0 Å². The third kappa shape index (κ3) is 5.72. The number of pyridine rings is 2. The average molecular weight is 587 g/mol. The first-order chi connectivity index (χ1) is 22.7. The van der Waals surface area contributed by atoms with Crippen LogP contribution in [0.4, 0.5) is 0 Å². The zero-order valence-corrected chi connectivity index (χ0v) is 25.2. The summed E-state index contributed by atoms with van der Waals surface area (Å²) in [6.45, 7) is 0. The van der Waals surface area contributed by atoms with E-state index in [0.29, 0.717) is 0 Å². The summed E-state index contributed by atoms with van der Waals surface area (Å²) in [5.74, 6) is 0. The number of benzene rings is 6. The minimum absolute atomic E-state index is 1.03. The second-order valence-corrected chi connectivity index (χ2v) is 11.6. The Bertz CT molecular complexity index is 2300. The Morgan fingerprint density at radius 2 is 0.652 bits per heavy atom. The molecule has 8 aromatic rings. The van der Waals surface area contributed by atoms with Gasteiger partial charge in [-0.2, -0.15) is 0 Å². The molecular formula is C44H30N2. The fourth-order valence-electron chi connectivity index (χ4n) is 6.07. The minimum atomic E-state index is 1.03. The highest BCUT2D eigenvalue weighted by Gasteiger charge is 2.02. The van der Waals surface area contributed by atoms with Crippen LogP contribution in [0.1, 0.15) is 33.4 Å². The van der Waals surface area contributed by atoms with Gasteiger partial charge >= 0.3 is 0 Å². The van der Waals surface area contributed by atoms with Crippen molar-refractivity contribution in [3.63, 3.8) is 0 Å². The Morgan fingerprint density at radius 1 is 0.304 bits per heavy atom. The van der Waals surface area contributed by atoms with E-state index in [0.717, 1.165) is 32.9 Å². The van der Waals surface area contributed by atoms with Gasteiger partial charge in [-0.05, 0) is 80.2 Å². The molecule has 0 aliphatic carbocycles. The van der Waals surface area contributed by atoms with Crippen LogP contribution in [0.25, 0.3) is 79.8 Å². The molecule has 2 heteroatoms. The Labute approximate surface area is 268 Å². The Hall–Kier alpha value is -6.12. The van der Waals surface area contributed by atoms with Crippen LogP contribution in [-0.2, 0) is 0 Å². The average Bonchev–Trinajstić information content (AvgIpc) is 3.12. The first-order valence-corrected chi connectivity index (χ1v) is 15.5. The molecule has 0 fully saturated rings. The number of hydrogen-bond acceptors (Lipinski definition) is 2. The molecule has 0 bridgehead atoms. The molecule has 0 saturated heterocycles. The van der Waals surface area contributed by atoms with Crippen molar-refractivity contribution in [1.29, 1.82) is 0 Å². The highest BCUT2D eigenvalue weighted by atomic mass is 14.7. The summed E-state index contributed by atoms with van der Waals surface area (Å²) in [5, 5.41) is 7.21. The molecule has 46 heavy (non-hydrogen) atoms. The van der Waals surface area contributed by atoms with Gasteiger partial charge in [-0.3, -0.25) is 9.97 Å². The molecule has 2 nitrogen and oxygen atoms in total. The molecule has 0 saturated carbocycles. The largest absolute Gasteiger partial charge is 0.256 e. The molecule has 0 atom stereocenters. The van der Waals surface area contributed by atoms with Crippen molar-refractivity contribution in [2.24, 2.45) is 0 Å². The first kappa shape index (κ1) is 27.4. The predicted octanol–water partition coefficient (Wildman–Crippen LogP) is 11.6. The van der Waals surface area contributed by atoms with Gasteiger partial charge in [-0.1, -0.05) is 134 Å². The number of para-hydroxylation sites is 2. The summed E-state index contributed by atoms with van der Waals surface area (Å²) in [7, 11) is 0. The van der Waals surface area contributed by atoms with E-state index in [9.17, 15) is 0 Å². The van der Waals surface area contributed by atoms with Gasteiger partial charge in [0.15, 0.2) is 0 Å². The van der Waals surface area contributed by atoms with Gasteiger partial charge in [-0.25, -0.2) is 0 Å². The fourth-order valence-corrected chi connectivity index (χ4v) is 6.07. The quantitative estimate of drug-likeness (QED) is 0.181. The van der Waals surface area contributed by atoms with Crippen LogP contribution in [0.3, 0.4) is 0 Å².